The summed E-state index contributed by atoms with van der Waals surface area (Å²) < 4.78 is 10.9. The Balaban J connectivity index is 2.49. The van der Waals surface area contributed by atoms with Crippen molar-refractivity contribution in [1.82, 2.24) is 0 Å². The molecule has 0 spiro atoms. The van der Waals surface area contributed by atoms with Crippen molar-refractivity contribution in [2.75, 3.05) is 13.2 Å². The molecule has 0 radical (unpaired) electrons. The molecule has 0 saturated heterocycles. The third-order valence-corrected chi connectivity index (χ3v) is 2.78. The van der Waals surface area contributed by atoms with Crippen LogP contribution in [-0.4, -0.2) is 30.5 Å². The van der Waals surface area contributed by atoms with Crippen molar-refractivity contribution in [3.63, 3.8) is 0 Å². The zero-order valence-corrected chi connectivity index (χ0v) is 12.2. The lowest BCUT2D eigenvalue weighted by Crippen LogP contribution is -2.25. The summed E-state index contributed by atoms with van der Waals surface area (Å²) in [6.07, 6.45) is -0.503. The fourth-order valence-corrected chi connectivity index (χ4v) is 1.66. The monoisotopic (exact) mass is 267 g/mol. The van der Waals surface area contributed by atoms with E-state index in [1.54, 1.807) is 0 Å². The minimum absolute atomic E-state index is 0.0118. The van der Waals surface area contributed by atoms with E-state index in [0.29, 0.717) is 0 Å². The summed E-state index contributed by atoms with van der Waals surface area (Å²) in [5, 5.41) is 9.72. The molecule has 0 aliphatic heterocycles. The van der Waals surface area contributed by atoms with Crippen LogP contribution in [0.5, 0.6) is 5.75 Å². The topological polar surface area (TPSA) is 64.7 Å². The molecule has 3 N–H and O–H groups in total. The van der Waals surface area contributed by atoms with Gasteiger partial charge in [-0.25, -0.2) is 0 Å². The fourth-order valence-electron chi connectivity index (χ4n) is 1.66. The van der Waals surface area contributed by atoms with E-state index in [4.69, 9.17) is 15.2 Å². The first-order valence-corrected chi connectivity index (χ1v) is 6.68. The molecule has 1 rings (SSSR count). The molecule has 1 unspecified atom stereocenters. The molecule has 0 bridgehead atoms. The van der Waals surface area contributed by atoms with Gasteiger partial charge in [-0.3, -0.25) is 0 Å². The number of nitrogens with two attached hydrogens (primary N) is 1. The van der Waals surface area contributed by atoms with Gasteiger partial charge in [0.25, 0.3) is 0 Å². The molecular weight excluding hydrogens is 242 g/mol. The Kier molecular flexibility index (Phi) is 6.28. The number of benzene rings is 1. The molecule has 2 atom stereocenters. The summed E-state index contributed by atoms with van der Waals surface area (Å²) in [5.41, 5.74) is 7.92. The molecule has 4 nitrogen and oxygen atoms in total. The summed E-state index contributed by atoms with van der Waals surface area (Å²) >= 11 is 0. The van der Waals surface area contributed by atoms with Gasteiger partial charge < -0.3 is 20.3 Å². The van der Waals surface area contributed by atoms with E-state index in [1.807, 2.05) is 45.9 Å². The Bertz CT molecular complexity index is 391. The van der Waals surface area contributed by atoms with Gasteiger partial charge in [0.2, 0.25) is 0 Å². The third kappa shape index (κ3) is 5.59. The maximum Gasteiger partial charge on any atom is 0.122 e. The lowest BCUT2D eigenvalue weighted by atomic mass is 10.1. The second-order valence-corrected chi connectivity index (χ2v) is 5.16. The Morgan fingerprint density at radius 2 is 1.89 bits per heavy atom. The maximum absolute atomic E-state index is 9.72. The predicted octanol–water partition coefficient (Wildman–Crippen LogP) is 2.18. The van der Waals surface area contributed by atoms with Crippen molar-refractivity contribution in [2.24, 2.45) is 5.73 Å². The van der Waals surface area contributed by atoms with E-state index in [2.05, 4.69) is 0 Å². The maximum atomic E-state index is 9.72. The van der Waals surface area contributed by atoms with Crippen LogP contribution in [0, 0.1) is 6.92 Å². The van der Waals surface area contributed by atoms with Gasteiger partial charge in [-0.1, -0.05) is 12.1 Å². The Labute approximate surface area is 115 Å². The van der Waals surface area contributed by atoms with E-state index >= 15 is 0 Å². The van der Waals surface area contributed by atoms with E-state index in [1.165, 1.54) is 0 Å². The first kappa shape index (κ1) is 16.0. The molecule has 4 heteroatoms. The first-order chi connectivity index (χ1) is 8.90. The van der Waals surface area contributed by atoms with Crippen molar-refractivity contribution in [2.45, 2.75) is 45.9 Å². The Hall–Kier alpha value is -1.10. The van der Waals surface area contributed by atoms with Gasteiger partial charge in [-0.05, 0) is 44.9 Å². The van der Waals surface area contributed by atoms with Crippen LogP contribution in [0.2, 0.25) is 0 Å². The number of ether oxygens (including phenoxy) is 2. The highest BCUT2D eigenvalue weighted by Crippen LogP contribution is 2.22. The number of aliphatic hydroxyl groups excluding tert-OH is 1. The Morgan fingerprint density at radius 1 is 1.21 bits per heavy atom. The molecule has 0 aliphatic carbocycles. The van der Waals surface area contributed by atoms with Crippen LogP contribution in [0.3, 0.4) is 0 Å². The highest BCUT2D eigenvalue weighted by atomic mass is 16.5. The highest BCUT2D eigenvalue weighted by molar-refractivity contribution is 5.37. The van der Waals surface area contributed by atoms with Crippen molar-refractivity contribution in [3.8, 4) is 5.75 Å². The molecule has 1 aromatic carbocycles. The average molecular weight is 267 g/mol. The van der Waals surface area contributed by atoms with Gasteiger partial charge in [0.15, 0.2) is 0 Å². The lowest BCUT2D eigenvalue weighted by Gasteiger charge is -2.16. The smallest absolute Gasteiger partial charge is 0.122 e. The second kappa shape index (κ2) is 7.48. The van der Waals surface area contributed by atoms with Crippen LogP contribution in [-0.2, 0) is 4.74 Å². The first-order valence-electron chi connectivity index (χ1n) is 6.68. The quantitative estimate of drug-likeness (QED) is 0.794. The van der Waals surface area contributed by atoms with E-state index in [-0.39, 0.29) is 25.4 Å². The summed E-state index contributed by atoms with van der Waals surface area (Å²) in [7, 11) is 0. The van der Waals surface area contributed by atoms with Gasteiger partial charge in [-0.15, -0.1) is 0 Å². The summed E-state index contributed by atoms with van der Waals surface area (Å²) in [6, 6.07) is 5.86. The standard InChI is InChI=1S/C15H25NO3/c1-10(2)18-8-14(17)9-19-15-6-5-13(12(4)16)7-11(15)3/h5-7,10,12,14,17H,8-9,16H2,1-4H3/t12-,14?/m1/s1. The number of hydrogen-bond acceptors (Lipinski definition) is 4. The highest BCUT2D eigenvalue weighted by Gasteiger charge is 2.09. The van der Waals surface area contributed by atoms with Crippen molar-refractivity contribution >= 4 is 0 Å². The zero-order chi connectivity index (χ0) is 14.4. The van der Waals surface area contributed by atoms with Crippen LogP contribution in [0.1, 0.15) is 37.9 Å². The normalized spacial score (nSPS) is 14.5. The largest absolute Gasteiger partial charge is 0.491 e. The van der Waals surface area contributed by atoms with Gasteiger partial charge in [0.1, 0.15) is 18.5 Å². The summed E-state index contributed by atoms with van der Waals surface area (Å²) in [6.45, 7) is 8.30. The second-order valence-electron chi connectivity index (χ2n) is 5.16. The Morgan fingerprint density at radius 3 is 2.42 bits per heavy atom. The number of aryl methyl sites for hydroxylation is 1. The molecule has 19 heavy (non-hydrogen) atoms. The molecule has 0 heterocycles. The predicted molar refractivity (Wildman–Crippen MR) is 76.4 cm³/mol. The van der Waals surface area contributed by atoms with Crippen LogP contribution in [0.4, 0.5) is 0 Å². The number of rotatable bonds is 7. The van der Waals surface area contributed by atoms with Gasteiger partial charge in [0, 0.05) is 6.04 Å². The van der Waals surface area contributed by atoms with Crippen LogP contribution in [0.25, 0.3) is 0 Å². The van der Waals surface area contributed by atoms with Gasteiger partial charge >= 0.3 is 0 Å². The molecule has 108 valence electrons. The minimum atomic E-state index is -0.616. The van der Waals surface area contributed by atoms with Crippen LogP contribution >= 0.6 is 0 Å². The zero-order valence-electron chi connectivity index (χ0n) is 12.2. The van der Waals surface area contributed by atoms with Crippen molar-refractivity contribution < 1.29 is 14.6 Å². The summed E-state index contributed by atoms with van der Waals surface area (Å²) in [5.74, 6) is 0.771. The van der Waals surface area contributed by atoms with E-state index < -0.39 is 6.10 Å². The number of hydrogen-bond donors (Lipinski definition) is 2. The molecule has 0 saturated carbocycles. The molecule has 0 aliphatic rings. The molecule has 0 amide bonds. The lowest BCUT2D eigenvalue weighted by molar-refractivity contribution is -0.0123. The van der Waals surface area contributed by atoms with Gasteiger partial charge in [-0.2, -0.15) is 0 Å². The van der Waals surface area contributed by atoms with Crippen molar-refractivity contribution in [3.05, 3.63) is 29.3 Å². The number of aliphatic hydroxyl groups is 1. The van der Waals surface area contributed by atoms with E-state index in [0.717, 1.165) is 16.9 Å². The molecule has 1 aromatic rings. The molecular formula is C15H25NO3. The third-order valence-electron chi connectivity index (χ3n) is 2.78. The summed E-state index contributed by atoms with van der Waals surface area (Å²) in [4.78, 5) is 0. The fraction of sp³-hybridized carbons (Fsp3) is 0.600. The van der Waals surface area contributed by atoms with Gasteiger partial charge in [0.05, 0.1) is 12.7 Å². The van der Waals surface area contributed by atoms with Crippen molar-refractivity contribution in [1.29, 1.82) is 0 Å². The molecule has 0 aromatic heterocycles. The van der Waals surface area contributed by atoms with Crippen LogP contribution < -0.4 is 10.5 Å². The average Bonchev–Trinajstić information content (AvgIpc) is 2.34. The molecule has 0 fully saturated rings. The minimum Gasteiger partial charge on any atom is -0.491 e. The van der Waals surface area contributed by atoms with Crippen LogP contribution in [0.15, 0.2) is 18.2 Å². The van der Waals surface area contributed by atoms with E-state index in [9.17, 15) is 5.11 Å². The SMILES string of the molecule is Cc1cc([C@@H](C)N)ccc1OCC(O)COC(C)C.